The molecule has 0 aromatic carbocycles. The predicted molar refractivity (Wildman–Crippen MR) is 68.0 cm³/mol. The molecule has 0 fully saturated rings. The lowest BCUT2D eigenvalue weighted by Gasteiger charge is -2.15. The highest BCUT2D eigenvalue weighted by molar-refractivity contribution is 5.75. The minimum atomic E-state index is 0.0550. The van der Waals surface area contributed by atoms with Gasteiger partial charge in [-0.1, -0.05) is 19.0 Å². The molecule has 0 bridgehead atoms. The molecule has 1 aromatic heterocycles. The van der Waals surface area contributed by atoms with Crippen LogP contribution in [0, 0.1) is 12.8 Å². The summed E-state index contributed by atoms with van der Waals surface area (Å²) < 4.78 is 10.3. The minimum Gasteiger partial charge on any atom is -0.381 e. The minimum absolute atomic E-state index is 0.0550. The van der Waals surface area contributed by atoms with Crippen molar-refractivity contribution in [3.63, 3.8) is 0 Å². The lowest BCUT2D eigenvalue weighted by molar-refractivity contribution is -0.131. The summed E-state index contributed by atoms with van der Waals surface area (Å²) in [5, 5.41) is 3.86. The van der Waals surface area contributed by atoms with Gasteiger partial charge >= 0.3 is 0 Å². The van der Waals surface area contributed by atoms with Crippen LogP contribution in [0.15, 0.2) is 10.6 Å². The van der Waals surface area contributed by atoms with Gasteiger partial charge in [0.05, 0.1) is 19.6 Å². The summed E-state index contributed by atoms with van der Waals surface area (Å²) in [6.45, 7) is 7.64. The second-order valence-corrected chi connectivity index (χ2v) is 4.90. The fourth-order valence-electron chi connectivity index (χ4n) is 1.49. The Morgan fingerprint density at radius 1 is 1.56 bits per heavy atom. The summed E-state index contributed by atoms with van der Waals surface area (Å²) in [5.74, 6) is 1.31. The number of aromatic nitrogens is 1. The van der Waals surface area contributed by atoms with Crippen LogP contribution in [0.5, 0.6) is 0 Å². The van der Waals surface area contributed by atoms with Crippen molar-refractivity contribution in [2.45, 2.75) is 33.7 Å². The number of hydrogen-bond donors (Lipinski definition) is 0. The van der Waals surface area contributed by atoms with E-state index in [1.54, 1.807) is 11.9 Å². The quantitative estimate of drug-likeness (QED) is 0.698. The van der Waals surface area contributed by atoms with Crippen molar-refractivity contribution in [3.05, 3.63) is 17.5 Å². The van der Waals surface area contributed by atoms with Crippen LogP contribution in [0.4, 0.5) is 0 Å². The highest BCUT2D eigenvalue weighted by Gasteiger charge is 2.11. The van der Waals surface area contributed by atoms with Gasteiger partial charge in [0.1, 0.15) is 11.5 Å². The van der Waals surface area contributed by atoms with E-state index >= 15 is 0 Å². The zero-order valence-electron chi connectivity index (χ0n) is 11.6. The predicted octanol–water partition coefficient (Wildman–Crippen LogP) is 2.00. The maximum Gasteiger partial charge on any atom is 0.224 e. The zero-order valence-corrected chi connectivity index (χ0v) is 11.6. The molecule has 0 N–H and O–H groups in total. The molecule has 0 saturated carbocycles. The fourth-order valence-corrected chi connectivity index (χ4v) is 1.49. The topological polar surface area (TPSA) is 55.6 Å². The van der Waals surface area contributed by atoms with Crippen molar-refractivity contribution in [1.29, 1.82) is 0 Å². The lowest BCUT2D eigenvalue weighted by atomic mass is 10.2. The van der Waals surface area contributed by atoms with Crippen molar-refractivity contribution >= 4 is 5.91 Å². The second kappa shape index (κ2) is 7.16. The Hall–Kier alpha value is -1.36. The molecule has 18 heavy (non-hydrogen) atoms. The molecule has 102 valence electrons. The lowest BCUT2D eigenvalue weighted by Crippen LogP contribution is -2.27. The fraction of sp³-hybridized carbons (Fsp3) is 0.692. The second-order valence-electron chi connectivity index (χ2n) is 4.90. The van der Waals surface area contributed by atoms with Gasteiger partial charge < -0.3 is 14.2 Å². The van der Waals surface area contributed by atoms with Crippen LogP contribution in [0.25, 0.3) is 0 Å². The third kappa shape index (κ3) is 5.31. The van der Waals surface area contributed by atoms with Crippen molar-refractivity contribution in [3.8, 4) is 0 Å². The Labute approximate surface area is 108 Å². The number of carbonyl (C=O) groups is 1. The molecular formula is C13H22N2O3. The van der Waals surface area contributed by atoms with Crippen molar-refractivity contribution in [2.75, 3.05) is 20.3 Å². The van der Waals surface area contributed by atoms with E-state index in [1.165, 1.54) is 0 Å². The molecule has 0 aliphatic rings. The number of rotatable bonds is 7. The van der Waals surface area contributed by atoms with Crippen LogP contribution in [0.2, 0.25) is 0 Å². The standard InChI is InChI=1S/C13H22N2O3/c1-10(2)9-17-6-5-13(16)15(4)8-12-7-11(3)18-14-12/h7,10H,5-6,8-9H2,1-4H3. The van der Waals surface area contributed by atoms with Gasteiger partial charge in [-0.25, -0.2) is 0 Å². The summed E-state index contributed by atoms with van der Waals surface area (Å²) in [4.78, 5) is 13.4. The normalized spacial score (nSPS) is 10.9. The maximum atomic E-state index is 11.8. The summed E-state index contributed by atoms with van der Waals surface area (Å²) in [5.41, 5.74) is 0.770. The Bertz CT molecular complexity index is 374. The third-order valence-corrected chi connectivity index (χ3v) is 2.41. The summed E-state index contributed by atoms with van der Waals surface area (Å²) in [6, 6.07) is 1.83. The Kier molecular flexibility index (Phi) is 5.85. The first kappa shape index (κ1) is 14.7. The number of aryl methyl sites for hydroxylation is 1. The number of ether oxygens (including phenoxy) is 1. The van der Waals surface area contributed by atoms with Gasteiger partial charge in [-0.3, -0.25) is 4.79 Å². The Morgan fingerprint density at radius 3 is 2.83 bits per heavy atom. The molecule has 0 aliphatic heterocycles. The van der Waals surface area contributed by atoms with E-state index in [1.807, 2.05) is 13.0 Å². The monoisotopic (exact) mass is 254 g/mol. The van der Waals surface area contributed by atoms with Crippen LogP contribution in [0.3, 0.4) is 0 Å². The van der Waals surface area contributed by atoms with Crippen molar-refractivity contribution in [2.24, 2.45) is 5.92 Å². The molecule has 0 unspecified atom stereocenters. The molecule has 1 heterocycles. The van der Waals surface area contributed by atoms with E-state index in [9.17, 15) is 4.79 Å². The van der Waals surface area contributed by atoms with E-state index < -0.39 is 0 Å². The van der Waals surface area contributed by atoms with E-state index in [4.69, 9.17) is 9.26 Å². The first-order valence-corrected chi connectivity index (χ1v) is 6.23. The summed E-state index contributed by atoms with van der Waals surface area (Å²) in [7, 11) is 1.76. The molecule has 1 amide bonds. The van der Waals surface area contributed by atoms with Gasteiger partial charge in [0.15, 0.2) is 0 Å². The average molecular weight is 254 g/mol. The highest BCUT2D eigenvalue weighted by atomic mass is 16.5. The van der Waals surface area contributed by atoms with E-state index in [0.717, 1.165) is 11.5 Å². The Balaban J connectivity index is 2.24. The van der Waals surface area contributed by atoms with Gasteiger partial charge in [0.25, 0.3) is 0 Å². The van der Waals surface area contributed by atoms with E-state index in [0.29, 0.717) is 32.1 Å². The van der Waals surface area contributed by atoms with Crippen LogP contribution in [-0.2, 0) is 16.1 Å². The van der Waals surface area contributed by atoms with E-state index in [2.05, 4.69) is 19.0 Å². The van der Waals surface area contributed by atoms with Crippen molar-refractivity contribution < 1.29 is 14.1 Å². The molecule has 0 radical (unpaired) electrons. The first-order chi connectivity index (χ1) is 8.49. The van der Waals surface area contributed by atoms with Crippen LogP contribution >= 0.6 is 0 Å². The number of hydrogen-bond acceptors (Lipinski definition) is 4. The molecular weight excluding hydrogens is 232 g/mol. The third-order valence-electron chi connectivity index (χ3n) is 2.41. The first-order valence-electron chi connectivity index (χ1n) is 6.23. The molecule has 0 spiro atoms. The largest absolute Gasteiger partial charge is 0.381 e. The molecule has 0 aliphatic carbocycles. The molecule has 5 nitrogen and oxygen atoms in total. The number of amides is 1. The van der Waals surface area contributed by atoms with Gasteiger partial charge in [-0.15, -0.1) is 0 Å². The average Bonchev–Trinajstić information content (AvgIpc) is 2.69. The van der Waals surface area contributed by atoms with Gasteiger partial charge in [0.2, 0.25) is 5.91 Å². The van der Waals surface area contributed by atoms with Crippen LogP contribution in [0.1, 0.15) is 31.7 Å². The van der Waals surface area contributed by atoms with Crippen molar-refractivity contribution in [1.82, 2.24) is 10.1 Å². The van der Waals surface area contributed by atoms with Gasteiger partial charge in [0, 0.05) is 19.7 Å². The molecule has 5 heteroatoms. The SMILES string of the molecule is Cc1cc(CN(C)C(=O)CCOCC(C)C)no1. The van der Waals surface area contributed by atoms with Gasteiger partial charge in [-0.05, 0) is 12.8 Å². The zero-order chi connectivity index (χ0) is 13.5. The van der Waals surface area contributed by atoms with Crippen LogP contribution in [-0.4, -0.2) is 36.2 Å². The Morgan fingerprint density at radius 2 is 2.28 bits per heavy atom. The molecule has 1 aromatic rings. The number of nitrogens with zero attached hydrogens (tertiary/aromatic N) is 2. The van der Waals surface area contributed by atoms with Crippen LogP contribution < -0.4 is 0 Å². The summed E-state index contributed by atoms with van der Waals surface area (Å²) in [6.07, 6.45) is 0.403. The highest BCUT2D eigenvalue weighted by Crippen LogP contribution is 2.05. The van der Waals surface area contributed by atoms with Gasteiger partial charge in [-0.2, -0.15) is 0 Å². The smallest absolute Gasteiger partial charge is 0.224 e. The van der Waals surface area contributed by atoms with E-state index in [-0.39, 0.29) is 5.91 Å². The molecule has 0 saturated heterocycles. The molecule has 0 atom stereocenters. The molecule has 1 rings (SSSR count). The maximum absolute atomic E-state index is 11.8. The summed E-state index contributed by atoms with van der Waals surface area (Å²) >= 11 is 0. The number of carbonyl (C=O) groups excluding carboxylic acids is 1.